The third-order valence-electron chi connectivity index (χ3n) is 8.53. The van der Waals surface area contributed by atoms with Gasteiger partial charge in [0.15, 0.2) is 0 Å². The lowest BCUT2D eigenvalue weighted by Crippen LogP contribution is -2.29. The summed E-state index contributed by atoms with van der Waals surface area (Å²) in [5.41, 5.74) is 0. The summed E-state index contributed by atoms with van der Waals surface area (Å²) in [7, 11) is -4.70. The van der Waals surface area contributed by atoms with Crippen molar-refractivity contribution in [2.45, 2.75) is 194 Å². The predicted molar refractivity (Wildman–Crippen MR) is 190 cm³/mol. The molecule has 1 N–H and O–H groups in total. The van der Waals surface area contributed by atoms with Gasteiger partial charge in [-0.05, 0) is 64.2 Å². The van der Waals surface area contributed by atoms with Crippen molar-refractivity contribution in [1.82, 2.24) is 0 Å². The SMILES string of the molecule is CCCCCCCC/C=C\CCCCCCCC(=O)C(COS(=O)(=O)O)C(=O)CCCCCCC/C=C\CCCCCCCC. The van der Waals surface area contributed by atoms with E-state index in [2.05, 4.69) is 42.3 Å². The molecule has 0 heterocycles. The van der Waals surface area contributed by atoms with Gasteiger partial charge >= 0.3 is 10.4 Å². The van der Waals surface area contributed by atoms with Crippen LogP contribution < -0.4 is 0 Å². The summed E-state index contributed by atoms with van der Waals surface area (Å²) in [6, 6.07) is 0. The quantitative estimate of drug-likeness (QED) is 0.0316. The van der Waals surface area contributed by atoms with Crippen LogP contribution in [0.1, 0.15) is 194 Å². The molecule has 0 aliphatic carbocycles. The van der Waals surface area contributed by atoms with E-state index in [1.54, 1.807) is 0 Å². The van der Waals surface area contributed by atoms with E-state index in [0.717, 1.165) is 64.2 Å². The Morgan fingerprint density at radius 2 is 0.800 bits per heavy atom. The lowest BCUT2D eigenvalue weighted by molar-refractivity contribution is -0.134. The van der Waals surface area contributed by atoms with E-state index in [4.69, 9.17) is 4.55 Å². The standard InChI is InChI=1S/C38H70O6S/c1-3-5-7-9-11-13-15-17-19-21-23-25-27-29-31-33-37(39)36(35-44-45(41,42)43)38(40)34-32-30-28-26-24-22-20-18-16-14-12-10-8-6-4-2/h17-20,36H,3-16,21-35H2,1-2H3,(H,41,42,43)/b19-17-,20-18-. The maximum absolute atomic E-state index is 12.8. The summed E-state index contributed by atoms with van der Waals surface area (Å²) in [4.78, 5) is 25.6. The van der Waals surface area contributed by atoms with Crippen LogP contribution in [0.3, 0.4) is 0 Å². The number of Topliss-reactive ketones (excluding diaryl/α,β-unsaturated/α-hetero) is 2. The molecule has 0 aromatic heterocycles. The largest absolute Gasteiger partial charge is 0.397 e. The van der Waals surface area contributed by atoms with Crippen LogP contribution in [0.25, 0.3) is 0 Å². The van der Waals surface area contributed by atoms with Crippen LogP contribution >= 0.6 is 0 Å². The Morgan fingerprint density at radius 1 is 0.511 bits per heavy atom. The minimum absolute atomic E-state index is 0.232. The number of hydrogen-bond acceptors (Lipinski definition) is 5. The van der Waals surface area contributed by atoms with E-state index < -0.39 is 22.9 Å². The maximum Gasteiger partial charge on any atom is 0.397 e. The normalized spacial score (nSPS) is 12.3. The molecule has 0 unspecified atom stereocenters. The molecule has 0 atom stereocenters. The van der Waals surface area contributed by atoms with Crippen molar-refractivity contribution < 1.29 is 26.7 Å². The molecule has 6 nitrogen and oxygen atoms in total. The van der Waals surface area contributed by atoms with Crippen LogP contribution in [0.15, 0.2) is 24.3 Å². The Hall–Kier alpha value is -1.31. The fourth-order valence-electron chi connectivity index (χ4n) is 5.61. The number of hydrogen-bond donors (Lipinski definition) is 1. The Balaban J connectivity index is 4.05. The van der Waals surface area contributed by atoms with Gasteiger partial charge in [-0.15, -0.1) is 0 Å². The average Bonchev–Trinajstić information content (AvgIpc) is 3.00. The maximum atomic E-state index is 12.8. The minimum Gasteiger partial charge on any atom is -0.299 e. The van der Waals surface area contributed by atoms with E-state index in [1.807, 2.05) is 0 Å². The molecular formula is C38H70O6S. The Bertz CT molecular complexity index is 796. The smallest absolute Gasteiger partial charge is 0.299 e. The highest BCUT2D eigenvalue weighted by atomic mass is 32.3. The van der Waals surface area contributed by atoms with Crippen molar-refractivity contribution in [2.75, 3.05) is 6.61 Å². The second-order valence-electron chi connectivity index (χ2n) is 12.9. The minimum atomic E-state index is -4.70. The molecule has 0 bridgehead atoms. The van der Waals surface area contributed by atoms with Crippen molar-refractivity contribution in [1.29, 1.82) is 0 Å². The first-order valence-corrected chi connectivity index (χ1v) is 20.2. The zero-order valence-corrected chi connectivity index (χ0v) is 30.1. The Morgan fingerprint density at radius 3 is 1.11 bits per heavy atom. The highest BCUT2D eigenvalue weighted by Crippen LogP contribution is 2.17. The van der Waals surface area contributed by atoms with Crippen molar-refractivity contribution >= 4 is 22.0 Å². The van der Waals surface area contributed by atoms with E-state index >= 15 is 0 Å². The van der Waals surface area contributed by atoms with Crippen LogP contribution in [-0.2, 0) is 24.2 Å². The Kier molecular flexibility index (Phi) is 31.7. The lowest BCUT2D eigenvalue weighted by atomic mass is 9.92. The summed E-state index contributed by atoms with van der Waals surface area (Å²) in [6.45, 7) is 3.88. The topological polar surface area (TPSA) is 97.7 Å². The van der Waals surface area contributed by atoms with Crippen LogP contribution in [0.4, 0.5) is 0 Å². The van der Waals surface area contributed by atoms with Gasteiger partial charge in [0.25, 0.3) is 0 Å². The molecule has 45 heavy (non-hydrogen) atoms. The van der Waals surface area contributed by atoms with Crippen LogP contribution in [0, 0.1) is 5.92 Å². The van der Waals surface area contributed by atoms with Gasteiger partial charge in [-0.25, -0.2) is 4.18 Å². The molecule has 264 valence electrons. The first kappa shape index (κ1) is 43.7. The summed E-state index contributed by atoms with van der Waals surface area (Å²) in [6.07, 6.45) is 39.8. The number of unbranched alkanes of at least 4 members (excludes halogenated alkanes) is 22. The molecule has 0 aromatic carbocycles. The highest BCUT2D eigenvalue weighted by Gasteiger charge is 2.27. The average molecular weight is 655 g/mol. The highest BCUT2D eigenvalue weighted by molar-refractivity contribution is 7.80. The van der Waals surface area contributed by atoms with Gasteiger partial charge in [-0.2, -0.15) is 8.42 Å². The van der Waals surface area contributed by atoms with Gasteiger partial charge in [0, 0.05) is 12.8 Å². The molecule has 0 radical (unpaired) electrons. The van der Waals surface area contributed by atoms with E-state index in [1.165, 1.54) is 89.9 Å². The monoisotopic (exact) mass is 654 g/mol. The molecule has 0 fully saturated rings. The molecular weight excluding hydrogens is 584 g/mol. The van der Waals surface area contributed by atoms with Gasteiger partial charge < -0.3 is 0 Å². The zero-order chi connectivity index (χ0) is 33.3. The molecule has 0 amide bonds. The molecule has 0 aliphatic heterocycles. The number of allylic oxidation sites excluding steroid dienone is 4. The lowest BCUT2D eigenvalue weighted by Gasteiger charge is -2.14. The molecule has 0 saturated heterocycles. The van der Waals surface area contributed by atoms with Crippen LogP contribution in [0.5, 0.6) is 0 Å². The van der Waals surface area contributed by atoms with Crippen molar-refractivity contribution in [2.24, 2.45) is 5.92 Å². The fourth-order valence-corrected chi connectivity index (χ4v) is 5.92. The summed E-state index contributed by atoms with van der Waals surface area (Å²) in [5, 5.41) is 0. The molecule has 7 heteroatoms. The van der Waals surface area contributed by atoms with Crippen LogP contribution in [0.2, 0.25) is 0 Å². The third kappa shape index (κ3) is 32.4. The first-order valence-electron chi connectivity index (χ1n) is 18.8. The van der Waals surface area contributed by atoms with E-state index in [-0.39, 0.29) is 24.4 Å². The molecule has 0 aliphatic rings. The number of ketones is 2. The Labute approximate surface area is 278 Å². The molecule has 0 aromatic rings. The van der Waals surface area contributed by atoms with E-state index in [0.29, 0.717) is 12.8 Å². The first-order chi connectivity index (χ1) is 21.8. The molecule has 0 rings (SSSR count). The summed E-state index contributed by atoms with van der Waals surface area (Å²) < 4.78 is 35.6. The number of carbonyl (C=O) groups excluding carboxylic acids is 2. The van der Waals surface area contributed by atoms with Crippen molar-refractivity contribution in [3.05, 3.63) is 24.3 Å². The fraction of sp³-hybridized carbons (Fsp3) is 0.842. The molecule has 0 saturated carbocycles. The zero-order valence-electron chi connectivity index (χ0n) is 29.3. The van der Waals surface area contributed by atoms with Gasteiger partial charge in [-0.1, -0.05) is 141 Å². The van der Waals surface area contributed by atoms with Crippen molar-refractivity contribution in [3.8, 4) is 0 Å². The van der Waals surface area contributed by atoms with Gasteiger partial charge in [0.05, 0.1) is 6.61 Å². The van der Waals surface area contributed by atoms with Gasteiger partial charge in [-0.3, -0.25) is 14.1 Å². The van der Waals surface area contributed by atoms with Gasteiger partial charge in [0.2, 0.25) is 0 Å². The predicted octanol–water partition coefficient (Wildman–Crippen LogP) is 11.6. The summed E-state index contributed by atoms with van der Waals surface area (Å²) >= 11 is 0. The third-order valence-corrected chi connectivity index (χ3v) is 8.96. The second kappa shape index (κ2) is 32.6. The second-order valence-corrected chi connectivity index (χ2v) is 14.0. The van der Waals surface area contributed by atoms with E-state index in [9.17, 15) is 18.0 Å². The van der Waals surface area contributed by atoms with Crippen molar-refractivity contribution in [3.63, 3.8) is 0 Å². The van der Waals surface area contributed by atoms with Gasteiger partial charge in [0.1, 0.15) is 17.5 Å². The molecule has 0 spiro atoms. The number of rotatable bonds is 35. The summed E-state index contributed by atoms with van der Waals surface area (Å²) in [5.74, 6) is -1.69. The number of carbonyl (C=O) groups is 2. The van der Waals surface area contributed by atoms with Crippen LogP contribution in [-0.4, -0.2) is 31.1 Å².